The van der Waals surface area contributed by atoms with E-state index >= 15 is 0 Å². The molecule has 0 amide bonds. The van der Waals surface area contributed by atoms with Crippen LogP contribution in [0.1, 0.15) is 6.42 Å². The van der Waals surface area contributed by atoms with Crippen LogP contribution in [0.3, 0.4) is 0 Å². The number of hydrogen-bond acceptors (Lipinski definition) is 0. The summed E-state index contributed by atoms with van der Waals surface area (Å²) in [6, 6.07) is 0. The Morgan fingerprint density at radius 3 is 1.91 bits per heavy atom. The molecule has 0 aliphatic heterocycles. The first-order valence-corrected chi connectivity index (χ1v) is 2.64. The van der Waals surface area contributed by atoms with E-state index in [1.54, 1.807) is 0 Å². The maximum Gasteiger partial charge on any atom is 0.312 e. The van der Waals surface area contributed by atoms with E-state index in [0.29, 0.717) is 0 Å². The van der Waals surface area contributed by atoms with Gasteiger partial charge in [-0.05, 0) is 0 Å². The van der Waals surface area contributed by atoms with Crippen LogP contribution >= 0.6 is 0 Å². The predicted octanol–water partition coefficient (Wildman–Crippen LogP) is 2.75. The van der Waals surface area contributed by atoms with E-state index in [9.17, 15) is 26.3 Å². The molecule has 0 fully saturated rings. The van der Waals surface area contributed by atoms with Crippen molar-refractivity contribution < 1.29 is 26.3 Å². The maximum absolute atomic E-state index is 11.9. The fourth-order valence-electron chi connectivity index (χ4n) is 0.382. The van der Waals surface area contributed by atoms with Crippen LogP contribution in [0.5, 0.6) is 0 Å². The van der Waals surface area contributed by atoms with Crippen molar-refractivity contribution in [2.24, 2.45) is 0 Å². The molecule has 1 radical (unpaired) electrons. The molecule has 0 bridgehead atoms. The van der Waals surface area contributed by atoms with Gasteiger partial charge in [0.2, 0.25) is 13.1 Å². The zero-order valence-corrected chi connectivity index (χ0v) is 5.21. The Labute approximate surface area is 59.2 Å². The summed E-state index contributed by atoms with van der Waals surface area (Å²) in [6.07, 6.45) is -8.02. The first-order valence-electron chi connectivity index (χ1n) is 2.64. The Bertz CT molecular complexity index is 112. The maximum atomic E-state index is 11.9. The zero-order chi connectivity index (χ0) is 9.07. The van der Waals surface area contributed by atoms with Crippen LogP contribution in [-0.2, 0) is 0 Å². The van der Waals surface area contributed by atoms with Gasteiger partial charge in [0, 0.05) is 6.42 Å². The van der Waals surface area contributed by atoms with Crippen LogP contribution in [0.4, 0.5) is 26.3 Å². The molecule has 0 aromatic rings. The van der Waals surface area contributed by atoms with Crippen LogP contribution in [-0.4, -0.2) is 18.5 Å². The Morgan fingerprint density at radius 2 is 1.64 bits per heavy atom. The van der Waals surface area contributed by atoms with Crippen LogP contribution < -0.4 is 0 Å². The molecule has 1 unspecified atom stereocenters. The van der Waals surface area contributed by atoms with E-state index in [-0.39, 0.29) is 0 Å². The van der Waals surface area contributed by atoms with E-state index in [1.165, 1.54) is 0 Å². The molecule has 0 rings (SSSR count). The molecule has 0 aliphatic rings. The minimum Gasteiger partial charge on any atom is -0.240 e. The molecule has 0 aliphatic carbocycles. The van der Waals surface area contributed by atoms with E-state index in [4.69, 9.17) is 0 Å². The van der Waals surface area contributed by atoms with Crippen molar-refractivity contribution in [1.29, 1.82) is 0 Å². The average Bonchev–Trinajstić information content (AvgIpc) is 1.86. The molecule has 0 saturated heterocycles. The van der Waals surface area contributed by atoms with Gasteiger partial charge >= 0.3 is 5.92 Å². The molecular weight excluding hydrogens is 174 g/mol. The standard InChI is InChI=1S/C5H5F6/c6-2-5(10,11)3(7)1-4(8)9/h2-4H,1H2. The van der Waals surface area contributed by atoms with Gasteiger partial charge in [0.25, 0.3) is 0 Å². The third kappa shape index (κ3) is 3.48. The highest BCUT2D eigenvalue weighted by Crippen LogP contribution is 2.28. The van der Waals surface area contributed by atoms with Gasteiger partial charge in [-0.15, -0.1) is 0 Å². The highest BCUT2D eigenvalue weighted by molar-refractivity contribution is 4.84. The summed E-state index contributed by atoms with van der Waals surface area (Å²) in [6.45, 7) is -1.22. The largest absolute Gasteiger partial charge is 0.312 e. The van der Waals surface area contributed by atoms with E-state index in [2.05, 4.69) is 0 Å². The Kier molecular flexibility index (Phi) is 3.68. The van der Waals surface area contributed by atoms with Crippen molar-refractivity contribution in [2.75, 3.05) is 0 Å². The Morgan fingerprint density at radius 1 is 1.18 bits per heavy atom. The molecule has 0 aromatic heterocycles. The van der Waals surface area contributed by atoms with Crippen molar-refractivity contribution in [3.8, 4) is 0 Å². The smallest absolute Gasteiger partial charge is 0.240 e. The van der Waals surface area contributed by atoms with Crippen molar-refractivity contribution in [3.63, 3.8) is 0 Å². The highest BCUT2D eigenvalue weighted by Gasteiger charge is 2.42. The van der Waals surface area contributed by atoms with Gasteiger partial charge in [0.15, 0.2) is 6.17 Å². The lowest BCUT2D eigenvalue weighted by atomic mass is 10.2. The summed E-state index contributed by atoms with van der Waals surface area (Å²) in [5, 5.41) is 0. The predicted molar refractivity (Wildman–Crippen MR) is 25.9 cm³/mol. The lowest BCUT2D eigenvalue weighted by Crippen LogP contribution is -2.30. The summed E-state index contributed by atoms with van der Waals surface area (Å²) in [4.78, 5) is 0. The summed E-state index contributed by atoms with van der Waals surface area (Å²) >= 11 is 0. The summed E-state index contributed by atoms with van der Waals surface area (Å²) in [5.41, 5.74) is 0. The van der Waals surface area contributed by atoms with Crippen LogP contribution in [0.2, 0.25) is 0 Å². The molecular formula is C5H5F6. The van der Waals surface area contributed by atoms with Crippen molar-refractivity contribution in [2.45, 2.75) is 24.9 Å². The van der Waals surface area contributed by atoms with Gasteiger partial charge in [-0.25, -0.2) is 26.3 Å². The van der Waals surface area contributed by atoms with Crippen molar-refractivity contribution >= 4 is 0 Å². The summed E-state index contributed by atoms with van der Waals surface area (Å²) in [7, 11) is 0. The number of rotatable bonds is 4. The quantitative estimate of drug-likeness (QED) is 0.582. The average molecular weight is 179 g/mol. The van der Waals surface area contributed by atoms with Crippen molar-refractivity contribution in [1.82, 2.24) is 0 Å². The Balaban J connectivity index is 3.90. The third-order valence-corrected chi connectivity index (χ3v) is 0.948. The first-order chi connectivity index (χ1) is 4.90. The van der Waals surface area contributed by atoms with E-state index < -0.39 is 31.6 Å². The molecule has 0 nitrogen and oxygen atoms in total. The summed E-state index contributed by atoms with van der Waals surface area (Å²) in [5.74, 6) is -4.41. The second kappa shape index (κ2) is 3.82. The van der Waals surface area contributed by atoms with Gasteiger partial charge in [-0.2, -0.15) is 0 Å². The molecule has 0 heterocycles. The molecule has 6 heteroatoms. The van der Waals surface area contributed by atoms with Crippen molar-refractivity contribution in [3.05, 3.63) is 6.67 Å². The van der Waals surface area contributed by atoms with E-state index in [1.807, 2.05) is 0 Å². The topological polar surface area (TPSA) is 0 Å². The second-order valence-electron chi connectivity index (χ2n) is 1.88. The lowest BCUT2D eigenvalue weighted by molar-refractivity contribution is -0.0791. The zero-order valence-electron chi connectivity index (χ0n) is 5.21. The van der Waals surface area contributed by atoms with Gasteiger partial charge in [0.05, 0.1) is 0 Å². The number of hydrogen-bond donors (Lipinski definition) is 0. The third-order valence-electron chi connectivity index (χ3n) is 0.948. The SMILES string of the molecule is F[CH]C(F)(F)C(F)CC(F)F. The number of alkyl halides is 5. The normalized spacial score (nSPS) is 15.5. The number of halogens is 6. The minimum absolute atomic E-state index is 1.22. The monoisotopic (exact) mass is 179 g/mol. The molecule has 0 N–H and O–H groups in total. The molecule has 0 aromatic carbocycles. The lowest BCUT2D eigenvalue weighted by Gasteiger charge is -2.15. The molecule has 67 valence electrons. The second-order valence-corrected chi connectivity index (χ2v) is 1.88. The molecule has 0 saturated carbocycles. The summed E-state index contributed by atoms with van der Waals surface area (Å²) < 4.78 is 69.1. The molecule has 11 heavy (non-hydrogen) atoms. The van der Waals surface area contributed by atoms with Gasteiger partial charge in [-0.3, -0.25) is 0 Å². The molecule has 0 spiro atoms. The fourth-order valence-corrected chi connectivity index (χ4v) is 0.382. The van der Waals surface area contributed by atoms with Gasteiger partial charge < -0.3 is 0 Å². The fraction of sp³-hybridized carbons (Fsp3) is 0.800. The van der Waals surface area contributed by atoms with Gasteiger partial charge in [0.1, 0.15) is 0 Å². The van der Waals surface area contributed by atoms with Gasteiger partial charge in [-0.1, -0.05) is 0 Å². The van der Waals surface area contributed by atoms with E-state index in [0.717, 1.165) is 0 Å². The Hall–Kier alpha value is -0.420. The highest BCUT2D eigenvalue weighted by atomic mass is 19.3. The minimum atomic E-state index is -4.41. The van der Waals surface area contributed by atoms with Crippen LogP contribution in [0.25, 0.3) is 0 Å². The van der Waals surface area contributed by atoms with Crippen LogP contribution in [0, 0.1) is 6.67 Å². The first kappa shape index (κ1) is 10.6. The van der Waals surface area contributed by atoms with Crippen LogP contribution in [0.15, 0.2) is 0 Å². The molecule has 1 atom stereocenters.